The number of nitrogens with zero attached hydrogens (tertiary/aromatic N) is 2. The number of nitrogens with one attached hydrogen (secondary N) is 1. The van der Waals surface area contributed by atoms with Crippen molar-refractivity contribution in [2.24, 2.45) is 0 Å². The summed E-state index contributed by atoms with van der Waals surface area (Å²) in [6, 6.07) is 11.9. The van der Waals surface area contributed by atoms with Gasteiger partial charge in [-0.2, -0.15) is 5.10 Å². The molecule has 0 saturated carbocycles. The highest BCUT2D eigenvalue weighted by molar-refractivity contribution is 6.00. The third-order valence-electron chi connectivity index (χ3n) is 6.01. The molecule has 3 aromatic rings. The number of carbonyl (C=O) groups is 1. The normalized spacial score (nSPS) is 15.7. The van der Waals surface area contributed by atoms with Crippen LogP contribution < -0.4 is 0 Å². The number of ether oxygens (including phenoxy) is 1. The highest BCUT2D eigenvalue weighted by atomic mass is 16.5. The lowest BCUT2D eigenvalue weighted by Crippen LogP contribution is -2.32. The molecule has 0 saturated heterocycles. The van der Waals surface area contributed by atoms with Crippen LogP contribution in [0.1, 0.15) is 64.1 Å². The first kappa shape index (κ1) is 21.1. The fourth-order valence-corrected chi connectivity index (χ4v) is 4.47. The number of hydrogen-bond acceptors (Lipinski definition) is 4. The Morgan fingerprint density at radius 2 is 1.90 bits per heavy atom. The van der Waals surface area contributed by atoms with Crippen molar-refractivity contribution in [1.82, 2.24) is 15.1 Å². The van der Waals surface area contributed by atoms with Gasteiger partial charge in [0.2, 0.25) is 0 Å². The van der Waals surface area contributed by atoms with Gasteiger partial charge in [0, 0.05) is 24.8 Å². The molecule has 1 aromatic heterocycles. The average Bonchev–Trinajstić information content (AvgIpc) is 3.25. The molecule has 31 heavy (non-hydrogen) atoms. The van der Waals surface area contributed by atoms with Gasteiger partial charge in [0.05, 0.1) is 12.6 Å². The van der Waals surface area contributed by atoms with Crippen LogP contribution in [0.2, 0.25) is 0 Å². The summed E-state index contributed by atoms with van der Waals surface area (Å²) in [7, 11) is 1.63. The number of fused-ring (bicyclic) bond motifs is 1. The van der Waals surface area contributed by atoms with Gasteiger partial charge in [0.25, 0.3) is 5.91 Å². The Labute approximate surface area is 182 Å². The van der Waals surface area contributed by atoms with E-state index in [0.29, 0.717) is 36.0 Å². The van der Waals surface area contributed by atoms with Crippen molar-refractivity contribution >= 4 is 5.91 Å². The summed E-state index contributed by atoms with van der Waals surface area (Å²) in [5.74, 6) is 0.493. The number of aryl methyl sites for hydroxylation is 2. The molecule has 1 atom stereocenters. The van der Waals surface area contributed by atoms with Crippen LogP contribution >= 0.6 is 0 Å². The van der Waals surface area contributed by atoms with Gasteiger partial charge in [-0.3, -0.25) is 9.89 Å². The number of benzene rings is 2. The maximum atomic E-state index is 13.3. The Hall–Kier alpha value is -3.12. The van der Waals surface area contributed by atoms with E-state index in [9.17, 15) is 9.90 Å². The Morgan fingerprint density at radius 3 is 2.52 bits per heavy atom. The molecule has 6 heteroatoms. The van der Waals surface area contributed by atoms with Crippen LogP contribution in [0, 0.1) is 13.8 Å². The minimum atomic E-state index is -0.298. The van der Waals surface area contributed by atoms with Gasteiger partial charge < -0.3 is 14.7 Å². The van der Waals surface area contributed by atoms with Crippen molar-refractivity contribution in [2.75, 3.05) is 20.3 Å². The molecule has 2 heterocycles. The molecule has 162 valence electrons. The first-order valence-corrected chi connectivity index (χ1v) is 10.6. The smallest absolute Gasteiger partial charge is 0.273 e. The summed E-state index contributed by atoms with van der Waals surface area (Å²) >= 11 is 0. The summed E-state index contributed by atoms with van der Waals surface area (Å²) < 4.78 is 5.27. The van der Waals surface area contributed by atoms with Crippen LogP contribution in [0.4, 0.5) is 0 Å². The summed E-state index contributed by atoms with van der Waals surface area (Å²) in [6.07, 6.45) is 0. The summed E-state index contributed by atoms with van der Waals surface area (Å²) in [4.78, 5) is 15.1. The molecule has 4 rings (SSSR count). The van der Waals surface area contributed by atoms with Crippen molar-refractivity contribution < 1.29 is 14.6 Å². The van der Waals surface area contributed by atoms with E-state index >= 15 is 0 Å². The van der Waals surface area contributed by atoms with Gasteiger partial charge >= 0.3 is 0 Å². The predicted molar refractivity (Wildman–Crippen MR) is 120 cm³/mol. The topological polar surface area (TPSA) is 78.5 Å². The maximum absolute atomic E-state index is 13.3. The number of carbonyl (C=O) groups excluding carboxylic acids is 1. The van der Waals surface area contributed by atoms with E-state index in [4.69, 9.17) is 4.74 Å². The van der Waals surface area contributed by atoms with Crippen LogP contribution in [0.25, 0.3) is 11.3 Å². The van der Waals surface area contributed by atoms with E-state index in [2.05, 4.69) is 48.3 Å². The lowest BCUT2D eigenvalue weighted by molar-refractivity contribution is 0.0677. The number of rotatable bonds is 6. The molecule has 0 bridgehead atoms. The summed E-state index contributed by atoms with van der Waals surface area (Å²) in [6.45, 7) is 9.12. The van der Waals surface area contributed by atoms with E-state index in [1.165, 1.54) is 5.56 Å². The molecule has 6 nitrogen and oxygen atoms in total. The van der Waals surface area contributed by atoms with Crippen LogP contribution in [0.15, 0.2) is 36.4 Å². The number of amides is 1. The van der Waals surface area contributed by atoms with Crippen LogP contribution in [-0.2, 0) is 4.74 Å². The number of aromatic hydroxyl groups is 1. The quantitative estimate of drug-likeness (QED) is 0.606. The number of phenolic OH excluding ortho intramolecular Hbond substituents is 1. The maximum Gasteiger partial charge on any atom is 0.273 e. The third-order valence-corrected chi connectivity index (χ3v) is 6.01. The lowest BCUT2D eigenvalue weighted by Gasteiger charge is -2.26. The lowest BCUT2D eigenvalue weighted by atomic mass is 9.92. The van der Waals surface area contributed by atoms with E-state index < -0.39 is 0 Å². The third kappa shape index (κ3) is 3.61. The number of phenols is 1. The van der Waals surface area contributed by atoms with Gasteiger partial charge in [-0.15, -0.1) is 0 Å². The zero-order chi connectivity index (χ0) is 22.3. The zero-order valence-electron chi connectivity index (χ0n) is 18.7. The van der Waals surface area contributed by atoms with Crippen molar-refractivity contribution in [1.29, 1.82) is 0 Å². The van der Waals surface area contributed by atoms with Crippen molar-refractivity contribution in [3.8, 4) is 17.0 Å². The molecule has 0 aliphatic carbocycles. The second-order valence-corrected chi connectivity index (χ2v) is 8.55. The zero-order valence-corrected chi connectivity index (χ0v) is 18.7. The van der Waals surface area contributed by atoms with Gasteiger partial charge in [-0.05, 0) is 48.1 Å². The monoisotopic (exact) mass is 419 g/mol. The van der Waals surface area contributed by atoms with Crippen molar-refractivity contribution in [3.05, 3.63) is 69.9 Å². The largest absolute Gasteiger partial charge is 0.507 e. The van der Waals surface area contributed by atoms with Crippen LogP contribution in [0.5, 0.6) is 5.75 Å². The highest BCUT2D eigenvalue weighted by Crippen LogP contribution is 2.45. The van der Waals surface area contributed by atoms with E-state index in [-0.39, 0.29) is 17.7 Å². The Morgan fingerprint density at radius 1 is 1.19 bits per heavy atom. The summed E-state index contributed by atoms with van der Waals surface area (Å²) in [5, 5.41) is 18.2. The second kappa shape index (κ2) is 8.19. The molecule has 1 unspecified atom stereocenters. The molecule has 0 fully saturated rings. The average molecular weight is 420 g/mol. The molecular formula is C25H29N3O3. The Balaban J connectivity index is 1.88. The van der Waals surface area contributed by atoms with Gasteiger partial charge in [-0.1, -0.05) is 44.2 Å². The Bertz CT molecular complexity index is 1090. The van der Waals surface area contributed by atoms with Gasteiger partial charge in [0.15, 0.2) is 0 Å². The van der Waals surface area contributed by atoms with Crippen molar-refractivity contribution in [2.45, 2.75) is 39.7 Å². The predicted octanol–water partition coefficient (Wildman–Crippen LogP) is 4.71. The molecule has 1 amide bonds. The van der Waals surface area contributed by atoms with E-state index in [1.54, 1.807) is 13.2 Å². The minimum absolute atomic E-state index is 0.104. The van der Waals surface area contributed by atoms with Crippen molar-refractivity contribution in [3.63, 3.8) is 0 Å². The van der Waals surface area contributed by atoms with E-state index in [1.807, 2.05) is 24.8 Å². The number of aromatic nitrogens is 2. The SMILES string of the molecule is COCCN1C(=O)c2[nH]nc(-c3c(C)cc(C)cc3O)c2C1c1ccc(C(C)C)cc1. The Kier molecular flexibility index (Phi) is 5.58. The van der Waals surface area contributed by atoms with E-state index in [0.717, 1.165) is 22.3 Å². The number of aromatic amines is 1. The molecular weight excluding hydrogens is 390 g/mol. The molecule has 1 aliphatic heterocycles. The summed E-state index contributed by atoms with van der Waals surface area (Å²) in [5.41, 5.74) is 6.72. The molecule has 1 aliphatic rings. The highest BCUT2D eigenvalue weighted by Gasteiger charge is 2.42. The fourth-order valence-electron chi connectivity index (χ4n) is 4.47. The fraction of sp³-hybridized carbons (Fsp3) is 0.360. The van der Waals surface area contributed by atoms with Gasteiger partial charge in [0.1, 0.15) is 17.1 Å². The number of hydrogen-bond donors (Lipinski definition) is 2. The first-order valence-electron chi connectivity index (χ1n) is 10.6. The number of H-pyrrole nitrogens is 1. The van der Waals surface area contributed by atoms with Crippen LogP contribution in [0.3, 0.4) is 0 Å². The molecule has 2 aromatic carbocycles. The minimum Gasteiger partial charge on any atom is -0.507 e. The first-order chi connectivity index (χ1) is 14.8. The molecule has 0 spiro atoms. The molecule has 0 radical (unpaired) electrons. The number of methoxy groups -OCH3 is 1. The van der Waals surface area contributed by atoms with Crippen LogP contribution in [-0.4, -0.2) is 46.4 Å². The van der Waals surface area contributed by atoms with Gasteiger partial charge in [-0.25, -0.2) is 0 Å². The standard InChI is InChI=1S/C25H29N3O3/c1-14(2)17-6-8-18(9-7-17)24-21-22(20-16(4)12-15(3)13-19(20)29)26-27-23(21)25(30)28(24)10-11-31-5/h6-9,12-14,24,29H,10-11H2,1-5H3,(H,26,27). The molecule has 2 N–H and O–H groups in total. The second-order valence-electron chi connectivity index (χ2n) is 8.55.